The predicted molar refractivity (Wildman–Crippen MR) is 98.8 cm³/mol. The Balaban J connectivity index is 1.41. The van der Waals surface area contributed by atoms with Crippen LogP contribution in [-0.4, -0.2) is 40.5 Å². The predicted octanol–water partition coefficient (Wildman–Crippen LogP) is 3.02. The van der Waals surface area contributed by atoms with Crippen LogP contribution in [0.2, 0.25) is 5.02 Å². The van der Waals surface area contributed by atoms with Gasteiger partial charge in [-0.25, -0.2) is 4.79 Å². The van der Waals surface area contributed by atoms with Crippen molar-refractivity contribution in [3.05, 3.63) is 69.7 Å². The van der Waals surface area contributed by atoms with Crippen LogP contribution in [0.15, 0.2) is 57.7 Å². The summed E-state index contributed by atoms with van der Waals surface area (Å²) in [7, 11) is 0. The van der Waals surface area contributed by atoms with E-state index in [-0.39, 0.29) is 5.76 Å². The van der Waals surface area contributed by atoms with Gasteiger partial charge in [0, 0.05) is 37.7 Å². The van der Waals surface area contributed by atoms with Crippen LogP contribution in [0.1, 0.15) is 5.56 Å². The second-order valence-corrected chi connectivity index (χ2v) is 6.87. The number of nitrogens with zero attached hydrogens (tertiary/aromatic N) is 3. The minimum Gasteiger partial charge on any atom is -0.408 e. The van der Waals surface area contributed by atoms with Crippen LogP contribution in [0, 0.1) is 0 Å². The lowest BCUT2D eigenvalue weighted by Crippen LogP contribution is -2.47. The Morgan fingerprint density at radius 1 is 0.960 bits per heavy atom. The maximum absolute atomic E-state index is 12.1. The van der Waals surface area contributed by atoms with Crippen molar-refractivity contribution in [2.45, 2.75) is 13.2 Å². The summed E-state index contributed by atoms with van der Waals surface area (Å²) in [5.74, 6) is -0.330. The molecule has 0 unspecified atom stereocenters. The summed E-state index contributed by atoms with van der Waals surface area (Å²) in [6.45, 7) is 5.32. The third kappa shape index (κ3) is 3.63. The molecule has 1 aliphatic heterocycles. The van der Waals surface area contributed by atoms with Gasteiger partial charge in [0.05, 0.1) is 12.2 Å². The van der Waals surface area contributed by atoms with Crippen LogP contribution < -0.4 is 5.76 Å². The molecule has 0 amide bonds. The Morgan fingerprint density at radius 3 is 2.44 bits per heavy atom. The molecule has 0 saturated carbocycles. The molecule has 0 aliphatic carbocycles. The standard InChI is InChI=1S/C19H20ClN3O2/c20-16-6-7-18-17(12-16)23(19(24)25-18)14-22-10-8-21(9-11-22)13-15-4-2-1-3-5-15/h1-7,12H,8-11,13-14H2. The molecule has 0 N–H and O–H groups in total. The smallest absolute Gasteiger partial charge is 0.408 e. The molecule has 1 saturated heterocycles. The van der Waals surface area contributed by atoms with E-state index in [4.69, 9.17) is 16.0 Å². The number of halogens is 1. The maximum atomic E-state index is 12.1. The number of oxazole rings is 1. The second kappa shape index (κ2) is 7.04. The molecule has 5 nitrogen and oxygen atoms in total. The van der Waals surface area contributed by atoms with Gasteiger partial charge in [-0.2, -0.15) is 0 Å². The van der Waals surface area contributed by atoms with Crippen molar-refractivity contribution >= 4 is 22.7 Å². The fourth-order valence-electron chi connectivity index (χ4n) is 3.30. The molecule has 130 valence electrons. The van der Waals surface area contributed by atoms with E-state index in [1.165, 1.54) is 5.56 Å². The Kier molecular flexibility index (Phi) is 4.61. The molecule has 2 heterocycles. The van der Waals surface area contributed by atoms with Gasteiger partial charge < -0.3 is 4.42 Å². The van der Waals surface area contributed by atoms with Crippen molar-refractivity contribution in [2.75, 3.05) is 26.2 Å². The first-order chi connectivity index (χ1) is 12.2. The summed E-state index contributed by atoms with van der Waals surface area (Å²) in [6.07, 6.45) is 0. The summed E-state index contributed by atoms with van der Waals surface area (Å²) in [5, 5.41) is 0.606. The van der Waals surface area contributed by atoms with E-state index in [0.717, 1.165) is 38.2 Å². The van der Waals surface area contributed by atoms with Crippen molar-refractivity contribution < 1.29 is 4.42 Å². The zero-order valence-electron chi connectivity index (χ0n) is 13.9. The fraction of sp³-hybridized carbons (Fsp3) is 0.316. The van der Waals surface area contributed by atoms with Gasteiger partial charge in [-0.3, -0.25) is 14.4 Å². The lowest BCUT2D eigenvalue weighted by Gasteiger charge is -2.34. The monoisotopic (exact) mass is 357 g/mol. The summed E-state index contributed by atoms with van der Waals surface area (Å²) >= 11 is 6.06. The maximum Gasteiger partial charge on any atom is 0.421 e. The molecule has 3 aromatic rings. The van der Waals surface area contributed by atoms with Crippen LogP contribution in [0.3, 0.4) is 0 Å². The summed E-state index contributed by atoms with van der Waals surface area (Å²) in [4.78, 5) is 16.9. The van der Waals surface area contributed by atoms with Crippen molar-refractivity contribution in [3.63, 3.8) is 0 Å². The van der Waals surface area contributed by atoms with Crippen molar-refractivity contribution in [1.29, 1.82) is 0 Å². The van der Waals surface area contributed by atoms with Crippen LogP contribution in [0.4, 0.5) is 0 Å². The van der Waals surface area contributed by atoms with E-state index in [9.17, 15) is 4.79 Å². The number of fused-ring (bicyclic) bond motifs is 1. The van der Waals surface area contributed by atoms with Crippen molar-refractivity contribution in [1.82, 2.24) is 14.4 Å². The number of aromatic nitrogens is 1. The average molecular weight is 358 g/mol. The average Bonchev–Trinajstić information content (AvgIpc) is 2.93. The van der Waals surface area contributed by atoms with E-state index in [0.29, 0.717) is 17.3 Å². The summed E-state index contributed by atoms with van der Waals surface area (Å²) < 4.78 is 6.97. The number of hydrogen-bond acceptors (Lipinski definition) is 4. The van der Waals surface area contributed by atoms with Gasteiger partial charge in [-0.15, -0.1) is 0 Å². The highest BCUT2D eigenvalue weighted by Gasteiger charge is 2.19. The van der Waals surface area contributed by atoms with Gasteiger partial charge in [-0.05, 0) is 23.8 Å². The first-order valence-electron chi connectivity index (χ1n) is 8.46. The molecule has 0 radical (unpaired) electrons. The molecule has 1 fully saturated rings. The molecule has 4 rings (SSSR count). The molecule has 0 bridgehead atoms. The number of benzene rings is 2. The van der Waals surface area contributed by atoms with E-state index in [1.807, 2.05) is 6.07 Å². The zero-order chi connectivity index (χ0) is 17.2. The molecular formula is C19H20ClN3O2. The number of hydrogen-bond donors (Lipinski definition) is 0. The third-order valence-electron chi connectivity index (χ3n) is 4.68. The van der Waals surface area contributed by atoms with Crippen LogP contribution in [-0.2, 0) is 13.2 Å². The van der Waals surface area contributed by atoms with E-state index < -0.39 is 0 Å². The highest BCUT2D eigenvalue weighted by atomic mass is 35.5. The normalized spacial score (nSPS) is 16.5. The van der Waals surface area contributed by atoms with Gasteiger partial charge >= 0.3 is 5.76 Å². The first-order valence-corrected chi connectivity index (χ1v) is 8.84. The highest BCUT2D eigenvalue weighted by molar-refractivity contribution is 6.31. The minimum absolute atomic E-state index is 0.330. The molecule has 6 heteroatoms. The Bertz CT molecular complexity index is 911. The van der Waals surface area contributed by atoms with E-state index in [1.54, 1.807) is 22.8 Å². The minimum atomic E-state index is -0.330. The third-order valence-corrected chi connectivity index (χ3v) is 4.92. The van der Waals surface area contributed by atoms with Gasteiger partial charge in [0.15, 0.2) is 5.58 Å². The van der Waals surface area contributed by atoms with E-state index in [2.05, 4.69) is 34.1 Å². The number of rotatable bonds is 4. The topological polar surface area (TPSA) is 41.6 Å². The van der Waals surface area contributed by atoms with Gasteiger partial charge in [-0.1, -0.05) is 41.9 Å². The molecular weight excluding hydrogens is 338 g/mol. The Labute approximate surface area is 151 Å². The van der Waals surface area contributed by atoms with Crippen LogP contribution in [0.5, 0.6) is 0 Å². The van der Waals surface area contributed by atoms with Gasteiger partial charge in [0.25, 0.3) is 0 Å². The SMILES string of the molecule is O=c1oc2ccc(Cl)cc2n1CN1CCN(Cc2ccccc2)CC1. The molecule has 2 aromatic carbocycles. The lowest BCUT2D eigenvalue weighted by molar-refractivity contribution is 0.102. The lowest BCUT2D eigenvalue weighted by atomic mass is 10.2. The highest BCUT2D eigenvalue weighted by Crippen LogP contribution is 2.19. The Morgan fingerprint density at radius 2 is 1.68 bits per heavy atom. The first kappa shape index (κ1) is 16.4. The fourth-order valence-corrected chi connectivity index (χ4v) is 3.47. The van der Waals surface area contributed by atoms with Gasteiger partial charge in [0.1, 0.15) is 0 Å². The zero-order valence-corrected chi connectivity index (χ0v) is 14.7. The largest absolute Gasteiger partial charge is 0.421 e. The van der Waals surface area contributed by atoms with Crippen molar-refractivity contribution in [3.8, 4) is 0 Å². The van der Waals surface area contributed by atoms with Crippen LogP contribution in [0.25, 0.3) is 11.1 Å². The van der Waals surface area contributed by atoms with Crippen LogP contribution >= 0.6 is 11.6 Å². The second-order valence-electron chi connectivity index (χ2n) is 6.43. The van der Waals surface area contributed by atoms with Crippen molar-refractivity contribution in [2.24, 2.45) is 0 Å². The summed E-state index contributed by atoms with van der Waals surface area (Å²) in [6, 6.07) is 15.8. The molecule has 1 aromatic heterocycles. The quantitative estimate of drug-likeness (QED) is 0.719. The molecule has 25 heavy (non-hydrogen) atoms. The van der Waals surface area contributed by atoms with E-state index >= 15 is 0 Å². The molecule has 0 spiro atoms. The summed E-state index contributed by atoms with van der Waals surface area (Å²) in [5.41, 5.74) is 2.67. The molecule has 1 aliphatic rings. The number of piperazine rings is 1. The molecule has 0 atom stereocenters. The Hall–Kier alpha value is -2.08. The van der Waals surface area contributed by atoms with Gasteiger partial charge in [0.2, 0.25) is 0 Å².